The van der Waals surface area contributed by atoms with Crippen molar-refractivity contribution in [3.8, 4) is 0 Å². The van der Waals surface area contributed by atoms with Crippen LogP contribution in [0.1, 0.15) is 45.4 Å². The average molecular weight is 368 g/mol. The Balaban J connectivity index is 2.18. The van der Waals surface area contributed by atoms with Crippen LogP contribution in [0.2, 0.25) is 0 Å². The predicted octanol–water partition coefficient (Wildman–Crippen LogP) is 2.30. The SMILES string of the molecule is COC(=O)c1sc(NC(=O)CN2CCC[C@H](C)C2)c(C(=O)OC)c1C. The summed E-state index contributed by atoms with van der Waals surface area (Å²) in [6.45, 7) is 5.84. The third-order valence-corrected chi connectivity index (χ3v) is 5.46. The van der Waals surface area contributed by atoms with Gasteiger partial charge in [-0.1, -0.05) is 6.92 Å². The molecule has 138 valence electrons. The zero-order valence-corrected chi connectivity index (χ0v) is 15.8. The molecular formula is C17H24N2O5S. The third-order valence-electron chi connectivity index (χ3n) is 4.27. The number of nitrogens with one attached hydrogen (secondary N) is 1. The van der Waals surface area contributed by atoms with Crippen molar-refractivity contribution in [3.63, 3.8) is 0 Å². The molecule has 0 radical (unpaired) electrons. The fraction of sp³-hybridized carbons (Fsp3) is 0.588. The van der Waals surface area contributed by atoms with Gasteiger partial charge in [0, 0.05) is 6.54 Å². The number of methoxy groups -OCH3 is 2. The highest BCUT2D eigenvalue weighted by Gasteiger charge is 2.27. The maximum absolute atomic E-state index is 12.4. The molecule has 2 rings (SSSR count). The molecule has 1 aliphatic rings. The van der Waals surface area contributed by atoms with E-state index in [4.69, 9.17) is 9.47 Å². The Morgan fingerprint density at radius 2 is 1.92 bits per heavy atom. The lowest BCUT2D eigenvalue weighted by atomic mass is 10.0. The molecule has 0 bridgehead atoms. The number of esters is 2. The molecule has 0 saturated carbocycles. The summed E-state index contributed by atoms with van der Waals surface area (Å²) in [5, 5.41) is 3.08. The van der Waals surface area contributed by atoms with Gasteiger partial charge in [-0.05, 0) is 37.8 Å². The maximum atomic E-state index is 12.4. The molecule has 25 heavy (non-hydrogen) atoms. The van der Waals surface area contributed by atoms with Crippen molar-refractivity contribution in [3.05, 3.63) is 16.0 Å². The van der Waals surface area contributed by atoms with Crippen molar-refractivity contribution < 1.29 is 23.9 Å². The lowest BCUT2D eigenvalue weighted by Crippen LogP contribution is -2.39. The van der Waals surface area contributed by atoms with Gasteiger partial charge in [0.2, 0.25) is 5.91 Å². The molecule has 7 nitrogen and oxygen atoms in total. The van der Waals surface area contributed by atoms with Gasteiger partial charge in [-0.3, -0.25) is 9.69 Å². The molecule has 1 aromatic heterocycles. The zero-order valence-electron chi connectivity index (χ0n) is 15.0. The molecule has 1 aromatic rings. The van der Waals surface area contributed by atoms with E-state index < -0.39 is 11.9 Å². The van der Waals surface area contributed by atoms with E-state index in [-0.39, 0.29) is 22.9 Å². The first kappa shape index (κ1) is 19.4. The van der Waals surface area contributed by atoms with Gasteiger partial charge >= 0.3 is 11.9 Å². The highest BCUT2D eigenvalue weighted by molar-refractivity contribution is 7.18. The predicted molar refractivity (Wildman–Crippen MR) is 95.2 cm³/mol. The number of piperidine rings is 1. The first-order valence-electron chi connectivity index (χ1n) is 8.19. The van der Waals surface area contributed by atoms with E-state index in [2.05, 4.69) is 17.1 Å². The minimum atomic E-state index is -0.592. The number of likely N-dealkylation sites (tertiary alicyclic amines) is 1. The molecule has 8 heteroatoms. The summed E-state index contributed by atoms with van der Waals surface area (Å²) in [5.41, 5.74) is 0.652. The highest BCUT2D eigenvalue weighted by atomic mass is 32.1. The van der Waals surface area contributed by atoms with E-state index >= 15 is 0 Å². The van der Waals surface area contributed by atoms with Gasteiger partial charge in [0.05, 0.1) is 26.3 Å². The van der Waals surface area contributed by atoms with E-state index in [1.165, 1.54) is 20.6 Å². The molecule has 1 fully saturated rings. The Morgan fingerprint density at radius 1 is 1.24 bits per heavy atom. The summed E-state index contributed by atoms with van der Waals surface area (Å²) in [6, 6.07) is 0. The number of ether oxygens (including phenoxy) is 2. The van der Waals surface area contributed by atoms with Crippen LogP contribution >= 0.6 is 11.3 Å². The summed E-state index contributed by atoms with van der Waals surface area (Å²) in [6.07, 6.45) is 2.25. The van der Waals surface area contributed by atoms with Crippen LogP contribution in [0.5, 0.6) is 0 Å². The van der Waals surface area contributed by atoms with E-state index in [0.717, 1.165) is 30.8 Å². The topological polar surface area (TPSA) is 84.9 Å². The number of carbonyl (C=O) groups is 3. The van der Waals surface area contributed by atoms with Crippen molar-refractivity contribution >= 4 is 34.2 Å². The van der Waals surface area contributed by atoms with Crippen LogP contribution in [0.3, 0.4) is 0 Å². The summed E-state index contributed by atoms with van der Waals surface area (Å²) in [4.78, 5) is 38.7. The molecule has 1 amide bonds. The summed E-state index contributed by atoms with van der Waals surface area (Å²) in [5.74, 6) is -0.775. The molecule has 0 spiro atoms. The molecular weight excluding hydrogens is 344 g/mol. The van der Waals surface area contributed by atoms with Crippen LogP contribution in [0.4, 0.5) is 5.00 Å². The smallest absolute Gasteiger partial charge is 0.348 e. The van der Waals surface area contributed by atoms with Crippen molar-refractivity contribution in [2.45, 2.75) is 26.7 Å². The summed E-state index contributed by atoms with van der Waals surface area (Å²) in [7, 11) is 2.53. The van der Waals surface area contributed by atoms with Crippen LogP contribution in [0, 0.1) is 12.8 Å². The van der Waals surface area contributed by atoms with Crippen molar-refractivity contribution in [1.29, 1.82) is 0 Å². The molecule has 1 aliphatic heterocycles. The highest BCUT2D eigenvalue weighted by Crippen LogP contribution is 2.34. The number of carbonyl (C=O) groups excluding carboxylic acids is 3. The second-order valence-corrected chi connectivity index (χ2v) is 7.29. The van der Waals surface area contributed by atoms with Crippen LogP contribution in [0.15, 0.2) is 0 Å². The Labute approximate surface area is 151 Å². The van der Waals surface area contributed by atoms with Crippen LogP contribution in [-0.4, -0.2) is 56.6 Å². The largest absolute Gasteiger partial charge is 0.465 e. The first-order chi connectivity index (χ1) is 11.9. The molecule has 0 aliphatic carbocycles. The number of amides is 1. The minimum Gasteiger partial charge on any atom is -0.465 e. The number of anilines is 1. The fourth-order valence-electron chi connectivity index (χ4n) is 3.04. The molecule has 1 N–H and O–H groups in total. The third kappa shape index (κ3) is 4.58. The van der Waals surface area contributed by atoms with E-state index in [9.17, 15) is 14.4 Å². The standard InChI is InChI=1S/C17H24N2O5S/c1-10-6-5-7-19(8-10)9-12(20)18-15-13(16(21)23-3)11(2)14(25-15)17(22)24-4/h10H,5-9H2,1-4H3,(H,18,20)/t10-/m0/s1. The van der Waals surface area contributed by atoms with Crippen molar-refractivity contribution in [2.24, 2.45) is 5.92 Å². The van der Waals surface area contributed by atoms with Gasteiger partial charge in [-0.15, -0.1) is 11.3 Å². The van der Waals surface area contributed by atoms with Crippen molar-refractivity contribution in [2.75, 3.05) is 39.2 Å². The summed E-state index contributed by atoms with van der Waals surface area (Å²) < 4.78 is 9.52. The van der Waals surface area contributed by atoms with Gasteiger partial charge in [-0.2, -0.15) is 0 Å². The Hall–Kier alpha value is -1.93. The normalized spacial score (nSPS) is 17.8. The van der Waals surface area contributed by atoms with Gasteiger partial charge in [0.25, 0.3) is 0 Å². The van der Waals surface area contributed by atoms with E-state index in [1.807, 2.05) is 0 Å². The Morgan fingerprint density at radius 3 is 2.52 bits per heavy atom. The first-order valence-corrected chi connectivity index (χ1v) is 9.01. The van der Waals surface area contributed by atoms with Gasteiger partial charge in [0.1, 0.15) is 9.88 Å². The monoisotopic (exact) mass is 368 g/mol. The number of nitrogens with zero attached hydrogens (tertiary/aromatic N) is 1. The van der Waals surface area contributed by atoms with E-state index in [1.54, 1.807) is 6.92 Å². The second-order valence-electron chi connectivity index (χ2n) is 6.27. The molecule has 0 unspecified atom stereocenters. The zero-order chi connectivity index (χ0) is 18.6. The molecule has 1 saturated heterocycles. The fourth-order valence-corrected chi connectivity index (χ4v) is 4.17. The van der Waals surface area contributed by atoms with Crippen LogP contribution in [0.25, 0.3) is 0 Å². The molecule has 1 atom stereocenters. The number of hydrogen-bond acceptors (Lipinski definition) is 7. The quantitative estimate of drug-likeness (QED) is 0.803. The van der Waals surface area contributed by atoms with Crippen molar-refractivity contribution in [1.82, 2.24) is 4.90 Å². The van der Waals surface area contributed by atoms with Crippen LogP contribution in [-0.2, 0) is 14.3 Å². The van der Waals surface area contributed by atoms with E-state index in [0.29, 0.717) is 16.5 Å². The molecule has 0 aromatic carbocycles. The minimum absolute atomic E-state index is 0.202. The maximum Gasteiger partial charge on any atom is 0.348 e. The number of thiophene rings is 1. The summed E-state index contributed by atoms with van der Waals surface area (Å²) >= 11 is 1.03. The van der Waals surface area contributed by atoms with Gasteiger partial charge in [0.15, 0.2) is 0 Å². The Kier molecular flexibility index (Phi) is 6.55. The number of rotatable bonds is 5. The second kappa shape index (κ2) is 8.44. The lowest BCUT2D eigenvalue weighted by molar-refractivity contribution is -0.117. The Bertz CT molecular complexity index is 670. The number of hydrogen-bond donors (Lipinski definition) is 1. The molecule has 2 heterocycles. The van der Waals surface area contributed by atoms with Gasteiger partial charge in [-0.25, -0.2) is 9.59 Å². The lowest BCUT2D eigenvalue weighted by Gasteiger charge is -2.30. The van der Waals surface area contributed by atoms with Crippen LogP contribution < -0.4 is 5.32 Å². The van der Waals surface area contributed by atoms with Gasteiger partial charge < -0.3 is 14.8 Å². The average Bonchev–Trinajstić information content (AvgIpc) is 2.89.